The molecular formula is C14H27NO4. The van der Waals surface area contributed by atoms with Crippen molar-refractivity contribution in [3.05, 3.63) is 0 Å². The molecule has 0 atom stereocenters. The number of carbonyl (C=O) groups excluding carboxylic acids is 1. The maximum atomic E-state index is 11.9. The number of hydrogen-bond donors (Lipinski definition) is 2. The van der Waals surface area contributed by atoms with Crippen LogP contribution >= 0.6 is 0 Å². The van der Waals surface area contributed by atoms with E-state index in [1.165, 1.54) is 0 Å². The van der Waals surface area contributed by atoms with E-state index in [0.717, 1.165) is 32.1 Å². The molecule has 0 unspecified atom stereocenters. The summed E-state index contributed by atoms with van der Waals surface area (Å²) < 4.78 is 10.7. The zero-order valence-electron chi connectivity index (χ0n) is 12.0. The van der Waals surface area contributed by atoms with Gasteiger partial charge in [0.25, 0.3) is 0 Å². The number of carbonyl (C=O) groups is 1. The molecule has 1 rings (SSSR count). The van der Waals surface area contributed by atoms with Crippen molar-refractivity contribution in [1.29, 1.82) is 0 Å². The molecule has 0 spiro atoms. The minimum Gasteiger partial charge on any atom is -0.396 e. The van der Waals surface area contributed by atoms with Crippen LogP contribution in [0.3, 0.4) is 0 Å². The number of aliphatic hydroxyl groups excluding tert-OH is 1. The van der Waals surface area contributed by atoms with E-state index in [1.54, 1.807) is 0 Å². The second-order valence-corrected chi connectivity index (χ2v) is 5.17. The van der Waals surface area contributed by atoms with Crippen LogP contribution in [-0.4, -0.2) is 49.6 Å². The maximum absolute atomic E-state index is 11.9. The van der Waals surface area contributed by atoms with E-state index in [-0.39, 0.29) is 24.7 Å². The van der Waals surface area contributed by atoms with Crippen LogP contribution in [0.25, 0.3) is 0 Å². The molecule has 1 heterocycles. The highest BCUT2D eigenvalue weighted by Crippen LogP contribution is 2.24. The molecule has 19 heavy (non-hydrogen) atoms. The van der Waals surface area contributed by atoms with Crippen LogP contribution in [0.15, 0.2) is 0 Å². The molecule has 0 aromatic carbocycles. The molecule has 1 fully saturated rings. The Kier molecular flexibility index (Phi) is 8.02. The lowest BCUT2D eigenvalue weighted by Crippen LogP contribution is -2.53. The van der Waals surface area contributed by atoms with Crippen molar-refractivity contribution in [3.63, 3.8) is 0 Å². The van der Waals surface area contributed by atoms with Crippen molar-refractivity contribution in [2.24, 2.45) is 0 Å². The van der Waals surface area contributed by atoms with E-state index < -0.39 is 0 Å². The molecule has 0 bridgehead atoms. The molecule has 2 N–H and O–H groups in total. The van der Waals surface area contributed by atoms with Crippen molar-refractivity contribution < 1.29 is 19.4 Å². The number of unbranched alkanes of at least 4 members (excludes halogenated alkanes) is 2. The highest BCUT2D eigenvalue weighted by molar-refractivity contribution is 5.78. The van der Waals surface area contributed by atoms with Crippen molar-refractivity contribution >= 4 is 5.91 Å². The summed E-state index contributed by atoms with van der Waals surface area (Å²) in [5.74, 6) is -0.0909. The van der Waals surface area contributed by atoms with Crippen LogP contribution in [0.1, 0.15) is 45.4 Å². The summed E-state index contributed by atoms with van der Waals surface area (Å²) in [4.78, 5) is 11.9. The Morgan fingerprint density at radius 1 is 1.37 bits per heavy atom. The van der Waals surface area contributed by atoms with Gasteiger partial charge in [-0.05, 0) is 25.7 Å². The van der Waals surface area contributed by atoms with E-state index in [0.29, 0.717) is 26.2 Å². The lowest BCUT2D eigenvalue weighted by Gasteiger charge is -2.37. The molecule has 1 saturated heterocycles. The largest absolute Gasteiger partial charge is 0.396 e. The fraction of sp³-hybridized carbons (Fsp3) is 0.929. The highest BCUT2D eigenvalue weighted by atomic mass is 16.5. The van der Waals surface area contributed by atoms with Gasteiger partial charge in [-0.25, -0.2) is 0 Å². The van der Waals surface area contributed by atoms with Crippen LogP contribution in [0.5, 0.6) is 0 Å². The molecule has 5 heteroatoms. The third kappa shape index (κ3) is 6.36. The first-order chi connectivity index (χ1) is 9.22. The Labute approximate surface area is 115 Å². The van der Waals surface area contributed by atoms with E-state index >= 15 is 0 Å². The average Bonchev–Trinajstić information content (AvgIpc) is 2.39. The topological polar surface area (TPSA) is 67.8 Å². The van der Waals surface area contributed by atoms with Crippen molar-refractivity contribution in [2.45, 2.75) is 51.0 Å². The van der Waals surface area contributed by atoms with Crippen LogP contribution in [0, 0.1) is 0 Å². The zero-order chi connectivity index (χ0) is 14.0. The number of amides is 1. The quantitative estimate of drug-likeness (QED) is 0.620. The predicted octanol–water partition coefficient (Wildman–Crippen LogP) is 1.24. The molecule has 0 aromatic rings. The van der Waals surface area contributed by atoms with Gasteiger partial charge in [0, 0.05) is 32.0 Å². The van der Waals surface area contributed by atoms with Crippen LogP contribution in [0.4, 0.5) is 0 Å². The van der Waals surface area contributed by atoms with Gasteiger partial charge < -0.3 is 19.9 Å². The summed E-state index contributed by atoms with van der Waals surface area (Å²) >= 11 is 0. The minimum atomic E-state index is -0.309. The Morgan fingerprint density at radius 3 is 2.74 bits per heavy atom. The van der Waals surface area contributed by atoms with Crippen molar-refractivity contribution in [1.82, 2.24) is 5.32 Å². The molecule has 0 aromatic heterocycles. The Bertz CT molecular complexity index is 246. The first-order valence-corrected chi connectivity index (χ1v) is 7.30. The second kappa shape index (κ2) is 9.28. The van der Waals surface area contributed by atoms with Crippen LogP contribution in [-0.2, 0) is 14.3 Å². The van der Waals surface area contributed by atoms with Gasteiger partial charge in [0.2, 0.25) is 5.91 Å². The van der Waals surface area contributed by atoms with E-state index in [2.05, 4.69) is 12.2 Å². The summed E-state index contributed by atoms with van der Waals surface area (Å²) in [6.07, 6.45) is 5.38. The molecule has 5 nitrogen and oxygen atoms in total. The third-order valence-corrected chi connectivity index (χ3v) is 3.57. The lowest BCUT2D eigenvalue weighted by atomic mass is 9.87. The van der Waals surface area contributed by atoms with Gasteiger partial charge in [-0.2, -0.15) is 0 Å². The Hall–Kier alpha value is -0.650. The molecule has 0 aliphatic carbocycles. The van der Waals surface area contributed by atoms with E-state index in [4.69, 9.17) is 14.6 Å². The number of hydrogen-bond acceptors (Lipinski definition) is 4. The highest BCUT2D eigenvalue weighted by Gasteiger charge is 2.33. The first kappa shape index (κ1) is 16.4. The third-order valence-electron chi connectivity index (χ3n) is 3.57. The van der Waals surface area contributed by atoms with Gasteiger partial charge in [-0.15, -0.1) is 0 Å². The van der Waals surface area contributed by atoms with Crippen molar-refractivity contribution in [3.8, 4) is 0 Å². The fourth-order valence-corrected chi connectivity index (χ4v) is 2.36. The monoisotopic (exact) mass is 273 g/mol. The molecule has 1 amide bonds. The number of nitrogens with one attached hydrogen (secondary N) is 1. The summed E-state index contributed by atoms with van der Waals surface area (Å²) in [6.45, 7) is 4.23. The Balaban J connectivity index is 2.27. The van der Waals surface area contributed by atoms with Gasteiger partial charge in [0.05, 0.1) is 0 Å². The Morgan fingerprint density at radius 2 is 2.11 bits per heavy atom. The lowest BCUT2D eigenvalue weighted by molar-refractivity contribution is -0.129. The molecule has 0 radical (unpaired) electrons. The molecule has 1 aliphatic heterocycles. The maximum Gasteiger partial charge on any atom is 0.246 e. The number of rotatable bonds is 9. The fourth-order valence-electron chi connectivity index (χ4n) is 2.36. The molecule has 1 aliphatic rings. The number of aliphatic hydroxyl groups is 1. The minimum absolute atomic E-state index is 0.0810. The average molecular weight is 273 g/mol. The smallest absolute Gasteiger partial charge is 0.246 e. The van der Waals surface area contributed by atoms with E-state index in [1.807, 2.05) is 0 Å². The van der Waals surface area contributed by atoms with Gasteiger partial charge >= 0.3 is 0 Å². The standard InChI is InChI=1S/C14H27NO4/c1-2-3-4-9-19-12-13(17)15-14(5-8-16)6-10-18-11-7-14/h16H,2-12H2,1H3,(H,15,17). The predicted molar refractivity (Wildman–Crippen MR) is 73.0 cm³/mol. The van der Waals surface area contributed by atoms with Gasteiger partial charge in [0.1, 0.15) is 6.61 Å². The summed E-state index contributed by atoms with van der Waals surface area (Å²) in [5.41, 5.74) is -0.309. The molecular weight excluding hydrogens is 246 g/mol. The van der Waals surface area contributed by atoms with Gasteiger partial charge in [-0.1, -0.05) is 19.8 Å². The summed E-state index contributed by atoms with van der Waals surface area (Å²) in [5, 5.41) is 12.2. The second-order valence-electron chi connectivity index (χ2n) is 5.17. The van der Waals surface area contributed by atoms with Gasteiger partial charge in [0.15, 0.2) is 0 Å². The first-order valence-electron chi connectivity index (χ1n) is 7.30. The van der Waals surface area contributed by atoms with Crippen LogP contribution < -0.4 is 5.32 Å². The van der Waals surface area contributed by atoms with E-state index in [9.17, 15) is 4.79 Å². The van der Waals surface area contributed by atoms with Crippen molar-refractivity contribution in [2.75, 3.05) is 33.0 Å². The molecule has 0 saturated carbocycles. The zero-order valence-corrected chi connectivity index (χ0v) is 12.0. The normalized spacial score (nSPS) is 18.2. The molecule has 112 valence electrons. The summed E-state index contributed by atoms with van der Waals surface area (Å²) in [6, 6.07) is 0. The SMILES string of the molecule is CCCCCOCC(=O)NC1(CCO)CCOCC1. The van der Waals surface area contributed by atoms with Crippen LogP contribution in [0.2, 0.25) is 0 Å². The number of ether oxygens (including phenoxy) is 2. The van der Waals surface area contributed by atoms with Gasteiger partial charge in [-0.3, -0.25) is 4.79 Å². The summed E-state index contributed by atoms with van der Waals surface area (Å²) in [7, 11) is 0.